The lowest BCUT2D eigenvalue weighted by Gasteiger charge is -2.22. The smallest absolute Gasteiger partial charge is 0.148 e. The van der Waals surface area contributed by atoms with Crippen molar-refractivity contribution in [3.63, 3.8) is 0 Å². The molecule has 0 radical (unpaired) electrons. The summed E-state index contributed by atoms with van der Waals surface area (Å²) in [4.78, 5) is 1.21. The third-order valence-corrected chi connectivity index (χ3v) is 4.45. The molecule has 2 N–H and O–H groups in total. The first-order valence-corrected chi connectivity index (χ1v) is 7.75. The molecule has 0 spiro atoms. The Morgan fingerprint density at radius 3 is 2.67 bits per heavy atom. The lowest BCUT2D eigenvalue weighted by molar-refractivity contribution is 0.183. The molecule has 0 saturated heterocycles. The van der Waals surface area contributed by atoms with Gasteiger partial charge in [-0.15, -0.1) is 11.3 Å². The maximum absolute atomic E-state index is 6.06. The van der Waals surface area contributed by atoms with Crippen LogP contribution in [0.2, 0.25) is 0 Å². The first kappa shape index (κ1) is 13.8. The van der Waals surface area contributed by atoms with Crippen LogP contribution in [-0.4, -0.2) is 6.04 Å². The molecule has 2 unspecified atom stereocenters. The highest BCUT2D eigenvalue weighted by Gasteiger charge is 2.21. The van der Waals surface area contributed by atoms with Gasteiger partial charge in [0.25, 0.3) is 0 Å². The van der Waals surface area contributed by atoms with Gasteiger partial charge in [0.2, 0.25) is 0 Å². The summed E-state index contributed by atoms with van der Waals surface area (Å²) in [5.74, 6) is 0.872. The fraction of sp³-hybridized carbons (Fsp3) is 0.286. The van der Waals surface area contributed by atoms with Crippen LogP contribution in [0.25, 0.3) is 0 Å². The van der Waals surface area contributed by atoms with Crippen molar-refractivity contribution in [1.29, 1.82) is 0 Å². The third-order valence-electron chi connectivity index (χ3n) is 2.70. The van der Waals surface area contributed by atoms with Crippen molar-refractivity contribution in [2.75, 3.05) is 0 Å². The summed E-state index contributed by atoms with van der Waals surface area (Å²) in [6, 6.07) is 10.1. The maximum Gasteiger partial charge on any atom is 0.148 e. The van der Waals surface area contributed by atoms with Gasteiger partial charge in [-0.25, -0.2) is 0 Å². The van der Waals surface area contributed by atoms with Crippen LogP contribution in [0.4, 0.5) is 0 Å². The van der Waals surface area contributed by atoms with Crippen LogP contribution >= 0.6 is 33.9 Å². The van der Waals surface area contributed by atoms with Gasteiger partial charge in [0, 0.05) is 14.5 Å². The van der Waals surface area contributed by atoms with Crippen molar-refractivity contribution in [1.82, 2.24) is 0 Å². The van der Waals surface area contributed by atoms with Crippen molar-refractivity contribution < 1.29 is 4.74 Å². The summed E-state index contributed by atoms with van der Waals surface area (Å²) in [5.41, 5.74) is 7.31. The van der Waals surface area contributed by atoms with Crippen LogP contribution in [0.1, 0.15) is 23.5 Å². The maximum atomic E-state index is 6.06. The molecule has 96 valence electrons. The lowest BCUT2D eigenvalue weighted by Crippen LogP contribution is -2.28. The topological polar surface area (TPSA) is 35.2 Å². The molecule has 0 bridgehead atoms. The molecule has 2 atom stereocenters. The summed E-state index contributed by atoms with van der Waals surface area (Å²) in [5, 5.41) is 2.08. The van der Waals surface area contributed by atoms with Crippen LogP contribution in [0, 0.1) is 10.5 Å². The highest BCUT2D eigenvalue weighted by Crippen LogP contribution is 2.30. The summed E-state index contributed by atoms with van der Waals surface area (Å²) in [6.45, 7) is 4.08. The van der Waals surface area contributed by atoms with E-state index in [-0.39, 0.29) is 12.1 Å². The van der Waals surface area contributed by atoms with E-state index in [2.05, 4.69) is 41.0 Å². The Morgan fingerprint density at radius 1 is 1.33 bits per heavy atom. The van der Waals surface area contributed by atoms with Crippen molar-refractivity contribution in [2.24, 2.45) is 5.73 Å². The van der Waals surface area contributed by atoms with Gasteiger partial charge in [-0.1, -0.05) is 6.07 Å². The number of thiophene rings is 1. The van der Waals surface area contributed by atoms with Gasteiger partial charge in [0.1, 0.15) is 11.9 Å². The molecule has 0 aliphatic rings. The van der Waals surface area contributed by atoms with Crippen LogP contribution in [0.3, 0.4) is 0 Å². The van der Waals surface area contributed by atoms with Gasteiger partial charge >= 0.3 is 0 Å². The van der Waals surface area contributed by atoms with Crippen molar-refractivity contribution in [3.05, 3.63) is 49.7 Å². The standard InChI is InChI=1S/C14H16INOS/c1-9-6-7-18-14(9)13(10(2)16)17-12-5-3-4-11(15)8-12/h3-8,10,13H,16H2,1-2H3. The normalized spacial score (nSPS) is 14.2. The van der Waals surface area contributed by atoms with Gasteiger partial charge in [0.05, 0.1) is 0 Å². The quantitative estimate of drug-likeness (QED) is 0.818. The van der Waals surface area contributed by atoms with Gasteiger partial charge < -0.3 is 10.5 Å². The van der Waals surface area contributed by atoms with E-state index in [1.165, 1.54) is 10.4 Å². The van der Waals surface area contributed by atoms with E-state index in [0.29, 0.717) is 0 Å². The Labute approximate surface area is 125 Å². The van der Waals surface area contributed by atoms with Crippen molar-refractivity contribution in [3.8, 4) is 5.75 Å². The summed E-state index contributed by atoms with van der Waals surface area (Å²) < 4.78 is 7.23. The predicted octanol–water partition coefficient (Wildman–Crippen LogP) is 4.13. The van der Waals surface area contributed by atoms with E-state index < -0.39 is 0 Å². The largest absolute Gasteiger partial charge is 0.483 e. The summed E-state index contributed by atoms with van der Waals surface area (Å²) in [6.07, 6.45) is -0.0804. The highest BCUT2D eigenvalue weighted by atomic mass is 127. The number of benzene rings is 1. The Bertz CT molecular complexity index is 524. The number of ether oxygens (including phenoxy) is 1. The van der Waals surface area contributed by atoms with E-state index in [1.54, 1.807) is 11.3 Å². The molecule has 4 heteroatoms. The third kappa shape index (κ3) is 3.24. The fourth-order valence-electron chi connectivity index (χ4n) is 1.76. The van der Waals surface area contributed by atoms with E-state index >= 15 is 0 Å². The minimum Gasteiger partial charge on any atom is -0.483 e. The molecule has 2 aromatic rings. The molecule has 0 aliphatic carbocycles. The molecule has 0 saturated carbocycles. The zero-order valence-corrected chi connectivity index (χ0v) is 13.4. The fourth-order valence-corrected chi connectivity index (χ4v) is 3.35. The molecule has 2 nitrogen and oxygen atoms in total. The SMILES string of the molecule is Cc1ccsc1C(Oc1cccc(I)c1)C(C)N. The van der Waals surface area contributed by atoms with Crippen LogP contribution in [0.5, 0.6) is 5.75 Å². The average Bonchev–Trinajstić information content (AvgIpc) is 2.72. The second-order valence-corrected chi connectivity index (χ2v) is 6.52. The van der Waals surface area contributed by atoms with Crippen molar-refractivity contribution >= 4 is 33.9 Å². The Morgan fingerprint density at radius 2 is 2.11 bits per heavy atom. The van der Waals surface area contributed by atoms with Crippen LogP contribution < -0.4 is 10.5 Å². The number of hydrogen-bond donors (Lipinski definition) is 1. The monoisotopic (exact) mass is 373 g/mol. The average molecular weight is 373 g/mol. The number of aryl methyl sites for hydroxylation is 1. The molecular weight excluding hydrogens is 357 g/mol. The molecule has 1 aromatic carbocycles. The van der Waals surface area contributed by atoms with Crippen molar-refractivity contribution in [2.45, 2.75) is 26.0 Å². The Hall–Kier alpha value is -0.590. The first-order valence-electron chi connectivity index (χ1n) is 5.79. The number of halogens is 1. The molecule has 0 fully saturated rings. The molecule has 0 aliphatic heterocycles. The first-order chi connectivity index (χ1) is 8.58. The molecule has 1 heterocycles. The molecule has 0 amide bonds. The summed E-state index contributed by atoms with van der Waals surface area (Å²) >= 11 is 3.98. The van der Waals surface area contributed by atoms with Crippen LogP contribution in [-0.2, 0) is 0 Å². The minimum atomic E-state index is -0.0804. The van der Waals surface area contributed by atoms with Crippen LogP contribution in [0.15, 0.2) is 35.7 Å². The van der Waals surface area contributed by atoms with E-state index in [1.807, 2.05) is 31.2 Å². The number of nitrogens with two attached hydrogens (primary N) is 1. The molecular formula is C14H16INOS. The van der Waals surface area contributed by atoms with Gasteiger partial charge in [-0.3, -0.25) is 0 Å². The molecule has 18 heavy (non-hydrogen) atoms. The summed E-state index contributed by atoms with van der Waals surface area (Å²) in [7, 11) is 0. The zero-order valence-electron chi connectivity index (χ0n) is 10.4. The van der Waals surface area contributed by atoms with E-state index in [9.17, 15) is 0 Å². The van der Waals surface area contributed by atoms with E-state index in [0.717, 1.165) is 9.32 Å². The Balaban J connectivity index is 2.25. The lowest BCUT2D eigenvalue weighted by atomic mass is 10.1. The second-order valence-electron chi connectivity index (χ2n) is 4.32. The molecule has 2 rings (SSSR count). The predicted molar refractivity (Wildman–Crippen MR) is 85.2 cm³/mol. The van der Waals surface area contributed by atoms with Gasteiger partial charge in [-0.05, 0) is 71.6 Å². The number of hydrogen-bond acceptors (Lipinski definition) is 3. The second kappa shape index (κ2) is 6.04. The minimum absolute atomic E-state index is 0.0415. The van der Waals surface area contributed by atoms with E-state index in [4.69, 9.17) is 10.5 Å². The van der Waals surface area contributed by atoms with Gasteiger partial charge in [-0.2, -0.15) is 0 Å². The zero-order chi connectivity index (χ0) is 13.1. The Kier molecular flexibility index (Phi) is 4.64. The highest BCUT2D eigenvalue weighted by molar-refractivity contribution is 14.1. The number of rotatable bonds is 4. The van der Waals surface area contributed by atoms with Gasteiger partial charge in [0.15, 0.2) is 0 Å². The molecule has 1 aromatic heterocycles.